The summed E-state index contributed by atoms with van der Waals surface area (Å²) in [4.78, 5) is 18.4. The van der Waals surface area contributed by atoms with Crippen LogP contribution in [0.3, 0.4) is 0 Å². The zero-order chi connectivity index (χ0) is 18.4. The predicted molar refractivity (Wildman–Crippen MR) is 106 cm³/mol. The van der Waals surface area contributed by atoms with E-state index in [1.807, 2.05) is 54.6 Å². The first-order valence-corrected chi connectivity index (χ1v) is 8.98. The molecule has 0 bridgehead atoms. The van der Waals surface area contributed by atoms with Gasteiger partial charge in [-0.1, -0.05) is 68.3 Å². The molecule has 0 spiro atoms. The third-order valence-electron chi connectivity index (χ3n) is 4.34. The van der Waals surface area contributed by atoms with Gasteiger partial charge in [0.25, 0.3) is 0 Å². The highest BCUT2D eigenvalue weighted by molar-refractivity contribution is 6.16. The minimum Gasteiger partial charge on any atom is -0.358 e. The monoisotopic (exact) mass is 348 g/mol. The van der Waals surface area contributed by atoms with Gasteiger partial charge in [0, 0.05) is 29.6 Å². The summed E-state index contributed by atoms with van der Waals surface area (Å²) in [7, 11) is 0. The molecule has 0 saturated carbocycles. The van der Waals surface area contributed by atoms with Gasteiger partial charge in [-0.3, -0.25) is 4.90 Å². The van der Waals surface area contributed by atoms with Crippen LogP contribution in [-0.4, -0.2) is 23.2 Å². The molecule has 1 heterocycles. The number of carbonyl (C=O) groups is 1. The molecule has 0 radical (unpaired) electrons. The lowest BCUT2D eigenvalue weighted by Gasteiger charge is -2.20. The third kappa shape index (κ3) is 3.94. The van der Waals surface area contributed by atoms with Crippen LogP contribution in [0.5, 0.6) is 0 Å². The number of fused-ring (bicyclic) bond motifs is 1. The van der Waals surface area contributed by atoms with E-state index in [1.54, 1.807) is 6.20 Å². The van der Waals surface area contributed by atoms with E-state index in [9.17, 15) is 4.79 Å². The van der Waals surface area contributed by atoms with Gasteiger partial charge in [0.15, 0.2) is 5.82 Å². The molecule has 26 heavy (non-hydrogen) atoms. The summed E-state index contributed by atoms with van der Waals surface area (Å²) < 4.78 is 0. The number of aliphatic imine (C=N–C) groups is 1. The van der Waals surface area contributed by atoms with Crippen LogP contribution in [0.25, 0.3) is 0 Å². The Labute approximate surface area is 154 Å². The summed E-state index contributed by atoms with van der Waals surface area (Å²) >= 11 is 0. The molecule has 0 aliphatic carbocycles. The van der Waals surface area contributed by atoms with E-state index in [2.05, 4.69) is 12.2 Å². The fourth-order valence-corrected chi connectivity index (χ4v) is 2.98. The van der Waals surface area contributed by atoms with Crippen LogP contribution in [0.15, 0.2) is 71.6 Å². The Kier molecular flexibility index (Phi) is 5.69. The molecule has 2 amide bonds. The smallest absolute Gasteiger partial charge is 0.320 e. The number of primary amides is 1. The number of nitrogens with one attached hydrogen (secondary N) is 1. The fourth-order valence-electron chi connectivity index (χ4n) is 2.98. The largest absolute Gasteiger partial charge is 0.358 e. The van der Waals surface area contributed by atoms with Gasteiger partial charge in [-0.25, -0.2) is 9.79 Å². The van der Waals surface area contributed by atoms with Crippen LogP contribution in [0, 0.1) is 0 Å². The molecule has 5 nitrogen and oxygen atoms in total. The SMILES string of the molecule is CCCCCN(C(N)=O)C1=CNc2ccccc2C(c2ccccc2)=N1. The molecule has 2 aromatic carbocycles. The number of rotatable bonds is 6. The number of benzene rings is 2. The van der Waals surface area contributed by atoms with E-state index in [4.69, 9.17) is 10.7 Å². The molecular weight excluding hydrogens is 324 g/mol. The average molecular weight is 348 g/mol. The van der Waals surface area contributed by atoms with Crippen LogP contribution in [0.1, 0.15) is 37.3 Å². The van der Waals surface area contributed by atoms with E-state index in [0.29, 0.717) is 12.4 Å². The van der Waals surface area contributed by atoms with E-state index >= 15 is 0 Å². The van der Waals surface area contributed by atoms with Crippen LogP contribution in [0.2, 0.25) is 0 Å². The number of hydrogen-bond donors (Lipinski definition) is 2. The number of hydrogen-bond acceptors (Lipinski definition) is 3. The summed E-state index contributed by atoms with van der Waals surface area (Å²) in [6.45, 7) is 2.68. The van der Waals surface area contributed by atoms with Crippen molar-refractivity contribution in [3.8, 4) is 0 Å². The lowest BCUT2D eigenvalue weighted by Crippen LogP contribution is -2.35. The Bertz CT molecular complexity index is 827. The normalized spacial score (nSPS) is 13.0. The van der Waals surface area contributed by atoms with Crippen molar-refractivity contribution in [1.82, 2.24) is 4.90 Å². The van der Waals surface area contributed by atoms with Gasteiger partial charge < -0.3 is 11.1 Å². The molecule has 0 aromatic heterocycles. The molecule has 0 saturated heterocycles. The number of unbranched alkanes of at least 4 members (excludes halogenated alkanes) is 2. The molecule has 0 unspecified atom stereocenters. The molecule has 0 fully saturated rings. The van der Waals surface area contributed by atoms with Crippen molar-refractivity contribution in [1.29, 1.82) is 0 Å². The summed E-state index contributed by atoms with van der Waals surface area (Å²) in [5, 5.41) is 3.27. The number of carbonyl (C=O) groups excluding carboxylic acids is 1. The van der Waals surface area contributed by atoms with Crippen LogP contribution < -0.4 is 11.1 Å². The van der Waals surface area contributed by atoms with Gasteiger partial charge in [0.05, 0.1) is 5.71 Å². The van der Waals surface area contributed by atoms with E-state index in [0.717, 1.165) is 41.8 Å². The van der Waals surface area contributed by atoms with E-state index in [1.165, 1.54) is 4.90 Å². The van der Waals surface area contributed by atoms with E-state index < -0.39 is 6.03 Å². The van der Waals surface area contributed by atoms with Crippen molar-refractivity contribution in [3.05, 3.63) is 77.7 Å². The highest BCUT2D eigenvalue weighted by atomic mass is 16.2. The lowest BCUT2D eigenvalue weighted by molar-refractivity contribution is 0.219. The van der Waals surface area contributed by atoms with Gasteiger partial charge in [-0.05, 0) is 12.5 Å². The molecule has 5 heteroatoms. The Morgan fingerprint density at radius 2 is 1.81 bits per heavy atom. The van der Waals surface area contributed by atoms with Crippen molar-refractivity contribution in [2.45, 2.75) is 26.2 Å². The number of para-hydroxylation sites is 1. The molecule has 134 valence electrons. The molecule has 1 aliphatic heterocycles. The predicted octanol–water partition coefficient (Wildman–Crippen LogP) is 4.32. The molecule has 2 aromatic rings. The van der Waals surface area contributed by atoms with Crippen molar-refractivity contribution < 1.29 is 4.79 Å². The number of nitrogens with two attached hydrogens (primary N) is 1. The van der Waals surface area contributed by atoms with Crippen LogP contribution in [0.4, 0.5) is 10.5 Å². The highest BCUT2D eigenvalue weighted by Crippen LogP contribution is 2.25. The van der Waals surface area contributed by atoms with Gasteiger partial charge in [0.1, 0.15) is 0 Å². The molecule has 3 N–H and O–H groups in total. The van der Waals surface area contributed by atoms with Crippen molar-refractivity contribution in [3.63, 3.8) is 0 Å². The minimum atomic E-state index is -0.490. The second-order valence-corrected chi connectivity index (χ2v) is 6.22. The average Bonchev–Trinajstić information content (AvgIpc) is 2.86. The van der Waals surface area contributed by atoms with Crippen molar-refractivity contribution in [2.75, 3.05) is 11.9 Å². The molecule has 3 rings (SSSR count). The minimum absolute atomic E-state index is 0.490. The number of nitrogens with zero attached hydrogens (tertiary/aromatic N) is 2. The summed E-state index contributed by atoms with van der Waals surface area (Å²) in [5.74, 6) is 0.531. The molecule has 0 atom stereocenters. The van der Waals surface area contributed by atoms with Gasteiger partial charge in [0.2, 0.25) is 0 Å². The Hall–Kier alpha value is -3.08. The zero-order valence-corrected chi connectivity index (χ0v) is 15.0. The third-order valence-corrected chi connectivity index (χ3v) is 4.34. The second kappa shape index (κ2) is 8.34. The summed E-state index contributed by atoms with van der Waals surface area (Å²) in [6, 6.07) is 17.5. The first-order valence-electron chi connectivity index (χ1n) is 8.98. The second-order valence-electron chi connectivity index (χ2n) is 6.22. The maximum Gasteiger partial charge on any atom is 0.320 e. The lowest BCUT2D eigenvalue weighted by atomic mass is 10.0. The molecule has 1 aliphatic rings. The Morgan fingerprint density at radius 3 is 2.54 bits per heavy atom. The summed E-state index contributed by atoms with van der Waals surface area (Å²) in [5.41, 5.74) is 9.39. The van der Waals surface area contributed by atoms with Crippen LogP contribution in [-0.2, 0) is 0 Å². The number of anilines is 1. The number of amides is 2. The van der Waals surface area contributed by atoms with E-state index in [-0.39, 0.29) is 0 Å². The standard InChI is InChI=1S/C21H24N4O/c1-2-3-9-14-25(21(22)26)19-15-23-18-13-8-7-12-17(18)20(24-19)16-10-5-4-6-11-16/h4-8,10-13,15,23H,2-3,9,14H2,1H3,(H2,22,26). The fraction of sp³-hybridized carbons (Fsp3) is 0.238. The van der Waals surface area contributed by atoms with Gasteiger partial charge >= 0.3 is 6.03 Å². The number of urea groups is 1. The van der Waals surface area contributed by atoms with Gasteiger partial charge in [-0.2, -0.15) is 0 Å². The quantitative estimate of drug-likeness (QED) is 0.763. The maximum absolute atomic E-state index is 12.0. The maximum atomic E-state index is 12.0. The Balaban J connectivity index is 2.03. The van der Waals surface area contributed by atoms with Gasteiger partial charge in [-0.15, -0.1) is 0 Å². The topological polar surface area (TPSA) is 70.7 Å². The zero-order valence-electron chi connectivity index (χ0n) is 15.0. The van der Waals surface area contributed by atoms with Crippen molar-refractivity contribution >= 4 is 17.4 Å². The Morgan fingerprint density at radius 1 is 1.08 bits per heavy atom. The van der Waals surface area contributed by atoms with Crippen molar-refractivity contribution in [2.24, 2.45) is 10.7 Å². The first-order chi connectivity index (χ1) is 12.7. The first kappa shape index (κ1) is 17.7. The molecular formula is C21H24N4O. The van der Waals surface area contributed by atoms with Crippen LogP contribution >= 0.6 is 0 Å². The highest BCUT2D eigenvalue weighted by Gasteiger charge is 2.20. The summed E-state index contributed by atoms with van der Waals surface area (Å²) in [6.07, 6.45) is 4.76.